The number of fused-ring (bicyclic) bond motifs is 2. The van der Waals surface area contributed by atoms with Crippen molar-refractivity contribution >= 4 is 5.91 Å². The van der Waals surface area contributed by atoms with E-state index in [1.807, 2.05) is 0 Å². The normalized spacial score (nSPS) is 26.5. The van der Waals surface area contributed by atoms with Gasteiger partial charge in [0.1, 0.15) is 0 Å². The van der Waals surface area contributed by atoms with Crippen LogP contribution in [0.2, 0.25) is 0 Å². The highest BCUT2D eigenvalue weighted by molar-refractivity contribution is 5.84. The summed E-state index contributed by atoms with van der Waals surface area (Å²) >= 11 is 0. The predicted molar refractivity (Wildman–Crippen MR) is 79.9 cm³/mol. The maximum absolute atomic E-state index is 12.7. The average molecular weight is 289 g/mol. The molecular formula is C17H23NO3. The van der Waals surface area contributed by atoms with Crippen LogP contribution < -0.4 is 0 Å². The number of carbonyl (C=O) groups excluding carboxylic acids is 1. The van der Waals surface area contributed by atoms with E-state index in [9.17, 15) is 4.79 Å². The first-order valence-electron chi connectivity index (χ1n) is 7.82. The number of rotatable bonds is 5. The van der Waals surface area contributed by atoms with Gasteiger partial charge in [0.15, 0.2) is 0 Å². The number of amides is 1. The van der Waals surface area contributed by atoms with Gasteiger partial charge in [-0.1, -0.05) is 24.3 Å². The van der Waals surface area contributed by atoms with E-state index in [1.165, 1.54) is 11.1 Å². The zero-order chi connectivity index (χ0) is 14.9. The molecule has 114 valence electrons. The average Bonchev–Trinajstić information content (AvgIpc) is 3.22. The summed E-state index contributed by atoms with van der Waals surface area (Å²) in [4.78, 5) is 14.3. The van der Waals surface area contributed by atoms with Crippen LogP contribution in [0.5, 0.6) is 0 Å². The summed E-state index contributed by atoms with van der Waals surface area (Å²) in [5.41, 5.74) is 2.76. The van der Waals surface area contributed by atoms with E-state index >= 15 is 0 Å². The van der Waals surface area contributed by atoms with Crippen molar-refractivity contribution < 1.29 is 15.0 Å². The Morgan fingerprint density at radius 3 is 2.67 bits per heavy atom. The Kier molecular flexibility index (Phi) is 4.00. The Morgan fingerprint density at radius 2 is 1.95 bits per heavy atom. The molecule has 1 aromatic rings. The summed E-state index contributed by atoms with van der Waals surface area (Å²) in [5.74, 6) is 0.117. The highest BCUT2D eigenvalue weighted by Crippen LogP contribution is 2.60. The Balaban J connectivity index is 1.80. The largest absolute Gasteiger partial charge is 0.395 e. The third kappa shape index (κ3) is 2.47. The summed E-state index contributed by atoms with van der Waals surface area (Å²) in [6.07, 6.45) is 4.24. The smallest absolute Gasteiger partial charge is 0.226 e. The topological polar surface area (TPSA) is 60.8 Å². The van der Waals surface area contributed by atoms with Gasteiger partial charge in [0, 0.05) is 24.4 Å². The minimum atomic E-state index is -0.0535. The molecule has 1 aromatic carbocycles. The van der Waals surface area contributed by atoms with Crippen molar-refractivity contribution in [2.75, 3.05) is 26.3 Å². The van der Waals surface area contributed by atoms with Crippen LogP contribution in [0.25, 0.3) is 0 Å². The molecule has 1 spiro atoms. The Hall–Kier alpha value is -1.39. The first-order valence-corrected chi connectivity index (χ1v) is 7.82. The molecular weight excluding hydrogens is 266 g/mol. The lowest BCUT2D eigenvalue weighted by Gasteiger charge is -2.28. The van der Waals surface area contributed by atoms with Crippen LogP contribution in [-0.2, 0) is 16.6 Å². The summed E-state index contributed by atoms with van der Waals surface area (Å²) in [6, 6.07) is 8.48. The number of hydrogen-bond donors (Lipinski definition) is 2. The third-order valence-electron chi connectivity index (χ3n) is 5.05. The van der Waals surface area contributed by atoms with Crippen molar-refractivity contribution in [2.24, 2.45) is 5.92 Å². The van der Waals surface area contributed by atoms with Crippen LogP contribution in [0.15, 0.2) is 24.3 Å². The van der Waals surface area contributed by atoms with E-state index in [-0.39, 0.29) is 30.5 Å². The van der Waals surface area contributed by atoms with Crippen molar-refractivity contribution in [1.29, 1.82) is 0 Å². The number of carbonyl (C=O) groups is 1. The van der Waals surface area contributed by atoms with Gasteiger partial charge in [0.2, 0.25) is 5.91 Å². The summed E-state index contributed by atoms with van der Waals surface area (Å²) in [5, 5.41) is 18.2. The minimum Gasteiger partial charge on any atom is -0.395 e. The Bertz CT molecular complexity index is 525. The van der Waals surface area contributed by atoms with Crippen molar-refractivity contribution in [3.63, 3.8) is 0 Å². The van der Waals surface area contributed by atoms with Crippen molar-refractivity contribution in [1.82, 2.24) is 4.90 Å². The second-order valence-electron chi connectivity index (χ2n) is 6.20. The van der Waals surface area contributed by atoms with Gasteiger partial charge in [-0.2, -0.15) is 0 Å². The highest BCUT2D eigenvalue weighted by atomic mass is 16.3. The van der Waals surface area contributed by atoms with Crippen LogP contribution in [-0.4, -0.2) is 47.3 Å². The number of nitrogens with zero attached hydrogens (tertiary/aromatic N) is 1. The van der Waals surface area contributed by atoms with Crippen molar-refractivity contribution in [3.8, 4) is 0 Å². The van der Waals surface area contributed by atoms with E-state index in [0.717, 1.165) is 25.7 Å². The highest BCUT2D eigenvalue weighted by Gasteiger charge is 2.60. The summed E-state index contributed by atoms with van der Waals surface area (Å²) in [7, 11) is 0. The molecule has 0 bridgehead atoms. The molecule has 0 heterocycles. The van der Waals surface area contributed by atoms with E-state index in [0.29, 0.717) is 13.1 Å². The number of aliphatic hydroxyl groups excluding tert-OH is 2. The zero-order valence-electron chi connectivity index (χ0n) is 12.3. The van der Waals surface area contributed by atoms with Crippen LogP contribution in [0.4, 0.5) is 0 Å². The standard InChI is InChI=1S/C17H23NO3/c19-10-8-18(9-11-20)16(21)15-12-17(15)7-3-5-13-4-1-2-6-14(13)17/h1-2,4,6,15,19-20H,3,5,7-12H2. The van der Waals surface area contributed by atoms with Gasteiger partial charge in [-0.25, -0.2) is 0 Å². The molecule has 4 heteroatoms. The van der Waals surface area contributed by atoms with Crippen LogP contribution >= 0.6 is 0 Å². The lowest BCUT2D eigenvalue weighted by molar-refractivity contribution is -0.134. The molecule has 21 heavy (non-hydrogen) atoms. The molecule has 2 aliphatic rings. The van der Waals surface area contributed by atoms with Gasteiger partial charge in [-0.15, -0.1) is 0 Å². The van der Waals surface area contributed by atoms with Gasteiger partial charge >= 0.3 is 0 Å². The molecule has 1 fully saturated rings. The molecule has 0 aromatic heterocycles. The second kappa shape index (κ2) is 5.78. The Morgan fingerprint density at radius 1 is 1.24 bits per heavy atom. The van der Waals surface area contributed by atoms with Crippen LogP contribution in [0.1, 0.15) is 30.4 Å². The number of aliphatic hydroxyl groups is 2. The third-order valence-corrected chi connectivity index (χ3v) is 5.05. The van der Waals surface area contributed by atoms with Gasteiger partial charge in [0.05, 0.1) is 13.2 Å². The Labute approximate surface area is 125 Å². The van der Waals surface area contributed by atoms with E-state index in [2.05, 4.69) is 24.3 Å². The first-order chi connectivity index (χ1) is 10.2. The molecule has 2 atom stereocenters. The predicted octanol–water partition coefficient (Wildman–Crippen LogP) is 1.09. The molecule has 0 radical (unpaired) electrons. The molecule has 2 aliphatic carbocycles. The molecule has 4 nitrogen and oxygen atoms in total. The van der Waals surface area contributed by atoms with Crippen molar-refractivity contribution in [2.45, 2.75) is 31.1 Å². The van der Waals surface area contributed by atoms with E-state index in [4.69, 9.17) is 10.2 Å². The molecule has 0 saturated heterocycles. The van der Waals surface area contributed by atoms with Crippen LogP contribution in [0.3, 0.4) is 0 Å². The van der Waals surface area contributed by atoms with Gasteiger partial charge < -0.3 is 15.1 Å². The summed E-state index contributed by atoms with van der Waals surface area (Å²) < 4.78 is 0. The zero-order valence-corrected chi connectivity index (χ0v) is 12.3. The number of aryl methyl sites for hydroxylation is 1. The lowest BCUT2D eigenvalue weighted by atomic mass is 9.78. The maximum Gasteiger partial charge on any atom is 0.226 e. The lowest BCUT2D eigenvalue weighted by Crippen LogP contribution is -2.38. The monoisotopic (exact) mass is 289 g/mol. The second-order valence-corrected chi connectivity index (χ2v) is 6.20. The summed E-state index contributed by atoms with van der Waals surface area (Å²) in [6.45, 7) is 0.519. The molecule has 0 aliphatic heterocycles. The van der Waals surface area contributed by atoms with Gasteiger partial charge in [-0.05, 0) is 36.8 Å². The fraction of sp³-hybridized carbons (Fsp3) is 0.588. The minimum absolute atomic E-state index is 0.0229. The number of hydrogen-bond acceptors (Lipinski definition) is 3. The molecule has 3 rings (SSSR count). The molecule has 2 N–H and O–H groups in total. The van der Waals surface area contributed by atoms with Gasteiger partial charge in [0.25, 0.3) is 0 Å². The van der Waals surface area contributed by atoms with Crippen molar-refractivity contribution in [3.05, 3.63) is 35.4 Å². The van der Waals surface area contributed by atoms with Crippen LogP contribution in [0, 0.1) is 5.92 Å². The maximum atomic E-state index is 12.7. The van der Waals surface area contributed by atoms with E-state index < -0.39 is 0 Å². The molecule has 1 amide bonds. The quantitative estimate of drug-likeness (QED) is 0.853. The number of benzene rings is 1. The SMILES string of the molecule is O=C(C1CC12CCCc1ccccc12)N(CCO)CCO. The van der Waals surface area contributed by atoms with E-state index in [1.54, 1.807) is 4.90 Å². The molecule has 1 saturated carbocycles. The first kappa shape index (κ1) is 14.5. The molecule has 2 unspecified atom stereocenters. The fourth-order valence-electron chi connectivity index (χ4n) is 3.95. The van der Waals surface area contributed by atoms with Gasteiger partial charge in [-0.3, -0.25) is 4.79 Å². The fourth-order valence-corrected chi connectivity index (χ4v) is 3.95.